The molecule has 2 heterocycles. The second-order valence-electron chi connectivity index (χ2n) is 17.5. The van der Waals surface area contributed by atoms with Crippen molar-refractivity contribution in [3.05, 3.63) is 193 Å². The molecule has 10 aromatic carbocycles. The zero-order valence-corrected chi connectivity index (χ0v) is 35.8. The van der Waals surface area contributed by atoms with Gasteiger partial charge in [0.25, 0.3) is 0 Å². The Balaban J connectivity index is 1.21. The fourth-order valence-corrected chi connectivity index (χ4v) is 10.1. The van der Waals surface area contributed by atoms with Crippen molar-refractivity contribution in [2.45, 2.75) is 39.5 Å². The molecule has 2 aromatic heterocycles. The van der Waals surface area contributed by atoms with E-state index in [-0.39, 0.29) is 23.5 Å². The van der Waals surface area contributed by atoms with Gasteiger partial charge in [-0.2, -0.15) is 0 Å². The van der Waals surface area contributed by atoms with Crippen molar-refractivity contribution in [2.24, 2.45) is 0 Å². The van der Waals surface area contributed by atoms with Crippen LogP contribution in [0.25, 0.3) is 76.2 Å². The van der Waals surface area contributed by atoms with Crippen LogP contribution in [0.3, 0.4) is 0 Å². The molecule has 0 spiro atoms. The van der Waals surface area contributed by atoms with Crippen molar-refractivity contribution >= 4 is 110 Å². The molecule has 12 aromatic rings. The first-order valence-electron chi connectivity index (χ1n) is 21.9. The summed E-state index contributed by atoms with van der Waals surface area (Å²) in [7, 11) is 0. The van der Waals surface area contributed by atoms with Crippen LogP contribution in [0.5, 0.6) is 0 Å². The van der Waals surface area contributed by atoms with Gasteiger partial charge in [-0.05, 0) is 129 Å². The molecule has 0 fully saturated rings. The number of anilines is 6. The molecule has 0 amide bonds. The van der Waals surface area contributed by atoms with Crippen molar-refractivity contribution in [3.63, 3.8) is 0 Å². The molecule has 4 nitrogen and oxygen atoms in total. The number of hydrogen-bond acceptors (Lipinski definition) is 4. The molecule has 0 atom stereocenters. The first-order valence-corrected chi connectivity index (χ1v) is 21.9. The highest BCUT2D eigenvalue weighted by Crippen LogP contribution is 2.53. The standard InChI is InChI=1S/C58H42F2N2O2/c1-33(2)47-31-51(61(37-23-19-35(59)20-24-37)49-15-9-13-43-39-11-5-7-17-53(39)63-57(43)49)45-30-28-42-48(34(3)4)32-52(46-29-27-41(47)55(45)56(42)46)62(38-25-21-36(60)22-26-38)50-16-10-14-44-40-12-6-8-18-54(40)64-58(44)50/h5-34H,1-4H3. The lowest BCUT2D eigenvalue weighted by atomic mass is 9.84. The van der Waals surface area contributed by atoms with E-state index in [4.69, 9.17) is 8.83 Å². The van der Waals surface area contributed by atoms with E-state index in [1.165, 1.54) is 46.2 Å². The van der Waals surface area contributed by atoms with Gasteiger partial charge < -0.3 is 18.6 Å². The highest BCUT2D eigenvalue weighted by molar-refractivity contribution is 6.30. The van der Waals surface area contributed by atoms with Crippen molar-refractivity contribution < 1.29 is 17.6 Å². The molecular weight excluding hydrogens is 795 g/mol. The third-order valence-electron chi connectivity index (χ3n) is 13.1. The van der Waals surface area contributed by atoms with Gasteiger partial charge in [0.05, 0.1) is 22.7 Å². The maximum Gasteiger partial charge on any atom is 0.159 e. The third kappa shape index (κ3) is 5.71. The zero-order chi connectivity index (χ0) is 43.4. The molecule has 0 aliphatic carbocycles. The summed E-state index contributed by atoms with van der Waals surface area (Å²) >= 11 is 0. The van der Waals surface area contributed by atoms with Crippen LogP contribution in [0.4, 0.5) is 42.9 Å². The molecule has 64 heavy (non-hydrogen) atoms. The second kappa shape index (κ2) is 14.4. The van der Waals surface area contributed by atoms with Crippen molar-refractivity contribution in [2.75, 3.05) is 9.80 Å². The SMILES string of the molecule is CC(C)c1cc(N(c2ccc(F)cc2)c2cccc3c2oc2ccccc23)c2ccc3c(C(C)C)cc(N(c4ccc(F)cc4)c4cccc5c4oc4ccccc45)c4ccc1c2c34. The Morgan fingerprint density at radius 2 is 0.734 bits per heavy atom. The summed E-state index contributed by atoms with van der Waals surface area (Å²) < 4.78 is 43.0. The third-order valence-corrected chi connectivity index (χ3v) is 13.1. The van der Waals surface area contributed by atoms with Crippen LogP contribution >= 0.6 is 0 Å². The first-order chi connectivity index (χ1) is 31.2. The smallest absolute Gasteiger partial charge is 0.159 e. The van der Waals surface area contributed by atoms with Crippen molar-refractivity contribution in [1.82, 2.24) is 0 Å². The normalized spacial score (nSPS) is 12.2. The number of halogens is 2. The summed E-state index contributed by atoms with van der Waals surface area (Å²) in [5.74, 6) is -0.292. The largest absolute Gasteiger partial charge is 0.454 e. The van der Waals surface area contributed by atoms with Crippen molar-refractivity contribution in [1.29, 1.82) is 0 Å². The number of benzene rings is 10. The topological polar surface area (TPSA) is 32.8 Å². The Hall–Kier alpha value is -7.70. The Bertz CT molecular complexity index is 3520. The molecule has 310 valence electrons. The molecule has 0 unspecified atom stereocenters. The average molecular weight is 837 g/mol. The second-order valence-corrected chi connectivity index (χ2v) is 17.5. The van der Waals surface area contributed by atoms with Gasteiger partial charge in [-0.25, -0.2) is 8.78 Å². The van der Waals surface area contributed by atoms with Crippen LogP contribution < -0.4 is 9.80 Å². The fraction of sp³-hybridized carbons (Fsp3) is 0.103. The van der Waals surface area contributed by atoms with Gasteiger partial charge in [-0.15, -0.1) is 0 Å². The van der Waals surface area contributed by atoms with E-state index in [0.717, 1.165) is 99.5 Å². The number of rotatable bonds is 8. The number of fused-ring (bicyclic) bond motifs is 6. The Labute approximate surface area is 368 Å². The molecular formula is C58H42F2N2O2. The van der Waals surface area contributed by atoms with E-state index in [1.807, 2.05) is 60.7 Å². The van der Waals surface area contributed by atoms with Crippen LogP contribution in [-0.4, -0.2) is 0 Å². The van der Waals surface area contributed by atoms with Gasteiger partial charge >= 0.3 is 0 Å². The van der Waals surface area contributed by atoms with Gasteiger partial charge in [0.15, 0.2) is 11.2 Å². The average Bonchev–Trinajstić information content (AvgIpc) is 3.89. The lowest BCUT2D eigenvalue weighted by molar-refractivity contribution is 0.627. The fourth-order valence-electron chi connectivity index (χ4n) is 10.1. The Morgan fingerprint density at radius 3 is 1.14 bits per heavy atom. The summed E-state index contributed by atoms with van der Waals surface area (Å²) in [6, 6.07) is 55.9. The van der Waals surface area contributed by atoms with Crippen LogP contribution in [0.1, 0.15) is 50.7 Å². The van der Waals surface area contributed by atoms with Crippen LogP contribution in [0.15, 0.2) is 179 Å². The van der Waals surface area contributed by atoms with Crippen LogP contribution in [-0.2, 0) is 0 Å². The molecule has 0 saturated heterocycles. The summed E-state index contributed by atoms with van der Waals surface area (Å²) in [4.78, 5) is 4.47. The maximum atomic E-state index is 14.8. The number of hydrogen-bond donors (Lipinski definition) is 0. The van der Waals surface area contributed by atoms with Gasteiger partial charge in [-0.3, -0.25) is 0 Å². The Kier molecular flexibility index (Phi) is 8.57. The molecule has 0 aliphatic heterocycles. The molecule has 0 radical (unpaired) electrons. The highest BCUT2D eigenvalue weighted by Gasteiger charge is 2.28. The van der Waals surface area contributed by atoms with E-state index >= 15 is 0 Å². The number of para-hydroxylation sites is 4. The quantitative estimate of drug-likeness (QED) is 0.143. The number of nitrogens with zero attached hydrogens (tertiary/aromatic N) is 2. The summed E-state index contributed by atoms with van der Waals surface area (Å²) in [6.07, 6.45) is 0. The highest BCUT2D eigenvalue weighted by atomic mass is 19.1. The number of furan rings is 2. The molecule has 0 saturated carbocycles. The molecule has 6 heteroatoms. The van der Waals surface area contributed by atoms with Gasteiger partial charge in [0, 0.05) is 43.7 Å². The summed E-state index contributed by atoms with van der Waals surface area (Å²) in [5, 5.41) is 10.8. The minimum Gasteiger partial charge on any atom is -0.454 e. The molecule has 0 N–H and O–H groups in total. The monoisotopic (exact) mass is 836 g/mol. The van der Waals surface area contributed by atoms with Gasteiger partial charge in [-0.1, -0.05) is 113 Å². The maximum absolute atomic E-state index is 14.8. The predicted molar refractivity (Wildman–Crippen MR) is 262 cm³/mol. The van der Waals surface area contributed by atoms with E-state index in [9.17, 15) is 8.78 Å². The first kappa shape index (κ1) is 38.0. The lowest BCUT2D eigenvalue weighted by Gasteiger charge is -2.31. The summed E-state index contributed by atoms with van der Waals surface area (Å²) in [6.45, 7) is 8.97. The van der Waals surface area contributed by atoms with Gasteiger partial charge in [0.2, 0.25) is 0 Å². The minimum atomic E-state index is -0.304. The summed E-state index contributed by atoms with van der Waals surface area (Å²) in [5.41, 5.74) is 10.8. The van der Waals surface area contributed by atoms with Crippen molar-refractivity contribution in [3.8, 4) is 0 Å². The molecule has 0 aliphatic rings. The van der Waals surface area contributed by atoms with Crippen LogP contribution in [0, 0.1) is 11.6 Å². The predicted octanol–water partition coefficient (Wildman–Crippen LogP) is 17.8. The lowest BCUT2D eigenvalue weighted by Crippen LogP contribution is -2.13. The van der Waals surface area contributed by atoms with E-state index in [0.29, 0.717) is 0 Å². The molecule has 0 bridgehead atoms. The minimum absolute atomic E-state index is 0.158. The zero-order valence-electron chi connectivity index (χ0n) is 35.8. The van der Waals surface area contributed by atoms with E-state index < -0.39 is 0 Å². The molecule has 12 rings (SSSR count). The van der Waals surface area contributed by atoms with E-state index in [1.54, 1.807) is 0 Å². The van der Waals surface area contributed by atoms with Crippen LogP contribution in [0.2, 0.25) is 0 Å². The van der Waals surface area contributed by atoms with Gasteiger partial charge in [0.1, 0.15) is 22.8 Å². The van der Waals surface area contributed by atoms with E-state index in [2.05, 4.69) is 122 Å². The Morgan fingerprint density at radius 1 is 0.359 bits per heavy atom.